The Labute approximate surface area is 73.6 Å². The summed E-state index contributed by atoms with van der Waals surface area (Å²) in [7, 11) is 1.95. The molecule has 68 valence electrons. The van der Waals surface area contributed by atoms with E-state index in [1.807, 2.05) is 11.7 Å². The molecule has 0 aliphatic heterocycles. The van der Waals surface area contributed by atoms with Crippen molar-refractivity contribution in [3.63, 3.8) is 0 Å². The third kappa shape index (κ3) is 1.31. The third-order valence-electron chi connectivity index (χ3n) is 2.12. The zero-order chi connectivity index (χ0) is 9.30. The fourth-order valence-corrected chi connectivity index (χ4v) is 1.44. The van der Waals surface area contributed by atoms with E-state index in [2.05, 4.69) is 25.9 Å². The lowest BCUT2D eigenvalue weighted by atomic mass is 10.1. The molecule has 3 heteroatoms. The summed E-state index contributed by atoms with van der Waals surface area (Å²) in [6, 6.07) is 0. The van der Waals surface area contributed by atoms with Crippen molar-refractivity contribution in [1.29, 1.82) is 0 Å². The molecule has 0 spiro atoms. The number of hydrogen-bond donors (Lipinski definition) is 1. The Morgan fingerprint density at radius 3 is 2.33 bits per heavy atom. The molecule has 0 unspecified atom stereocenters. The van der Waals surface area contributed by atoms with Crippen LogP contribution in [0.3, 0.4) is 0 Å². The molecule has 0 saturated carbocycles. The van der Waals surface area contributed by atoms with Crippen LogP contribution in [0.4, 0.5) is 5.69 Å². The van der Waals surface area contributed by atoms with Crippen LogP contribution in [0.15, 0.2) is 0 Å². The molecule has 0 aliphatic carbocycles. The number of nitrogen functional groups attached to an aromatic ring is 1. The summed E-state index contributed by atoms with van der Waals surface area (Å²) < 4.78 is 1.88. The molecular weight excluding hydrogens is 150 g/mol. The van der Waals surface area contributed by atoms with Gasteiger partial charge in [0.15, 0.2) is 0 Å². The van der Waals surface area contributed by atoms with Crippen molar-refractivity contribution in [3.05, 3.63) is 11.4 Å². The highest BCUT2D eigenvalue weighted by Crippen LogP contribution is 2.23. The SMILES string of the molecule is CCc1c(N)c(C(C)C)nn1C. The summed E-state index contributed by atoms with van der Waals surface area (Å²) in [5.74, 6) is 0.413. The maximum atomic E-state index is 5.93. The molecule has 3 nitrogen and oxygen atoms in total. The molecule has 2 N–H and O–H groups in total. The maximum absolute atomic E-state index is 5.93. The molecule has 0 aromatic carbocycles. The summed E-state index contributed by atoms with van der Waals surface area (Å²) >= 11 is 0. The molecule has 1 heterocycles. The van der Waals surface area contributed by atoms with Gasteiger partial charge < -0.3 is 5.73 Å². The number of anilines is 1. The van der Waals surface area contributed by atoms with Crippen molar-refractivity contribution in [2.45, 2.75) is 33.1 Å². The van der Waals surface area contributed by atoms with Crippen LogP contribution in [0.2, 0.25) is 0 Å². The van der Waals surface area contributed by atoms with E-state index in [1.165, 1.54) is 0 Å². The van der Waals surface area contributed by atoms with Crippen LogP contribution in [0, 0.1) is 0 Å². The molecule has 0 atom stereocenters. The maximum Gasteiger partial charge on any atom is 0.0882 e. The average molecular weight is 167 g/mol. The Balaban J connectivity index is 3.17. The summed E-state index contributed by atoms with van der Waals surface area (Å²) in [5.41, 5.74) is 8.96. The minimum absolute atomic E-state index is 0.413. The Morgan fingerprint density at radius 2 is 2.08 bits per heavy atom. The smallest absolute Gasteiger partial charge is 0.0882 e. The van der Waals surface area contributed by atoms with Gasteiger partial charge in [-0.1, -0.05) is 20.8 Å². The van der Waals surface area contributed by atoms with Gasteiger partial charge in [-0.25, -0.2) is 0 Å². The predicted molar refractivity (Wildman–Crippen MR) is 51.1 cm³/mol. The van der Waals surface area contributed by atoms with Crippen LogP contribution < -0.4 is 5.73 Å². The second kappa shape index (κ2) is 3.17. The Bertz CT molecular complexity index is 274. The second-order valence-corrected chi connectivity index (χ2v) is 3.38. The van der Waals surface area contributed by atoms with Crippen LogP contribution in [0.25, 0.3) is 0 Å². The summed E-state index contributed by atoms with van der Waals surface area (Å²) in [6.45, 7) is 6.31. The van der Waals surface area contributed by atoms with Crippen LogP contribution in [0.5, 0.6) is 0 Å². The quantitative estimate of drug-likeness (QED) is 0.728. The lowest BCUT2D eigenvalue weighted by Crippen LogP contribution is -1.98. The van der Waals surface area contributed by atoms with Gasteiger partial charge in [0.05, 0.1) is 17.1 Å². The van der Waals surface area contributed by atoms with Crippen molar-refractivity contribution in [3.8, 4) is 0 Å². The van der Waals surface area contributed by atoms with E-state index < -0.39 is 0 Å². The fourth-order valence-electron chi connectivity index (χ4n) is 1.44. The molecule has 1 aromatic heterocycles. The molecule has 1 rings (SSSR count). The molecule has 0 radical (unpaired) electrons. The Hall–Kier alpha value is -0.990. The van der Waals surface area contributed by atoms with Crippen molar-refractivity contribution in [1.82, 2.24) is 9.78 Å². The summed E-state index contributed by atoms with van der Waals surface area (Å²) in [6.07, 6.45) is 0.946. The van der Waals surface area contributed by atoms with Crippen molar-refractivity contribution < 1.29 is 0 Å². The minimum Gasteiger partial charge on any atom is -0.396 e. The lowest BCUT2D eigenvalue weighted by molar-refractivity contribution is 0.685. The van der Waals surface area contributed by atoms with Gasteiger partial charge in [-0.3, -0.25) is 4.68 Å². The van der Waals surface area contributed by atoms with Crippen LogP contribution >= 0.6 is 0 Å². The number of nitrogens with zero attached hydrogens (tertiary/aromatic N) is 2. The monoisotopic (exact) mass is 167 g/mol. The van der Waals surface area contributed by atoms with Crippen LogP contribution in [0.1, 0.15) is 38.1 Å². The van der Waals surface area contributed by atoms with Crippen LogP contribution in [-0.4, -0.2) is 9.78 Å². The average Bonchev–Trinajstić information content (AvgIpc) is 2.27. The first-order chi connectivity index (χ1) is 5.57. The first-order valence-electron chi connectivity index (χ1n) is 4.39. The molecule has 0 amide bonds. The number of nitrogens with two attached hydrogens (primary N) is 1. The minimum atomic E-state index is 0.413. The number of aromatic nitrogens is 2. The van der Waals surface area contributed by atoms with Gasteiger partial charge in [0, 0.05) is 7.05 Å². The highest BCUT2D eigenvalue weighted by molar-refractivity contribution is 5.49. The van der Waals surface area contributed by atoms with Crippen molar-refractivity contribution >= 4 is 5.69 Å². The molecule has 0 bridgehead atoms. The lowest BCUT2D eigenvalue weighted by Gasteiger charge is -2.00. The molecule has 12 heavy (non-hydrogen) atoms. The van der Waals surface area contributed by atoms with Crippen molar-refractivity contribution in [2.24, 2.45) is 7.05 Å². The predicted octanol–water partition coefficient (Wildman–Crippen LogP) is 1.69. The first kappa shape index (κ1) is 9.10. The van der Waals surface area contributed by atoms with Gasteiger partial charge >= 0.3 is 0 Å². The van der Waals surface area contributed by atoms with E-state index in [0.29, 0.717) is 5.92 Å². The third-order valence-corrected chi connectivity index (χ3v) is 2.12. The van der Waals surface area contributed by atoms with E-state index in [4.69, 9.17) is 5.73 Å². The van der Waals surface area contributed by atoms with E-state index in [9.17, 15) is 0 Å². The van der Waals surface area contributed by atoms with Gasteiger partial charge in [-0.2, -0.15) is 5.10 Å². The topological polar surface area (TPSA) is 43.8 Å². The normalized spacial score (nSPS) is 11.1. The van der Waals surface area contributed by atoms with Gasteiger partial charge in [-0.15, -0.1) is 0 Å². The zero-order valence-corrected chi connectivity index (χ0v) is 8.26. The van der Waals surface area contributed by atoms with Gasteiger partial charge in [0.1, 0.15) is 0 Å². The van der Waals surface area contributed by atoms with E-state index >= 15 is 0 Å². The molecule has 0 fully saturated rings. The molecule has 0 aliphatic rings. The molecule has 0 saturated heterocycles. The summed E-state index contributed by atoms with van der Waals surface area (Å²) in [5, 5.41) is 4.37. The first-order valence-corrected chi connectivity index (χ1v) is 4.39. The standard InChI is InChI=1S/C9H17N3/c1-5-7-8(10)9(6(2)3)11-12(7)4/h6H,5,10H2,1-4H3. The number of rotatable bonds is 2. The van der Waals surface area contributed by atoms with Crippen LogP contribution in [-0.2, 0) is 13.5 Å². The summed E-state index contributed by atoms with van der Waals surface area (Å²) in [4.78, 5) is 0. The fraction of sp³-hybridized carbons (Fsp3) is 0.667. The van der Waals surface area contributed by atoms with Crippen molar-refractivity contribution in [2.75, 3.05) is 5.73 Å². The zero-order valence-electron chi connectivity index (χ0n) is 8.26. The Morgan fingerprint density at radius 1 is 1.50 bits per heavy atom. The van der Waals surface area contributed by atoms with Gasteiger partial charge in [0.25, 0.3) is 0 Å². The highest BCUT2D eigenvalue weighted by atomic mass is 15.3. The molecular formula is C9H17N3. The molecule has 1 aromatic rings. The van der Waals surface area contributed by atoms with E-state index in [-0.39, 0.29) is 0 Å². The van der Waals surface area contributed by atoms with Gasteiger partial charge in [0.2, 0.25) is 0 Å². The van der Waals surface area contributed by atoms with Gasteiger partial charge in [-0.05, 0) is 12.3 Å². The highest BCUT2D eigenvalue weighted by Gasteiger charge is 2.13. The van der Waals surface area contributed by atoms with E-state index in [1.54, 1.807) is 0 Å². The Kier molecular flexibility index (Phi) is 2.40. The van der Waals surface area contributed by atoms with E-state index in [0.717, 1.165) is 23.5 Å². The number of hydrogen-bond acceptors (Lipinski definition) is 2. The number of aryl methyl sites for hydroxylation is 1. The second-order valence-electron chi connectivity index (χ2n) is 3.38. The largest absolute Gasteiger partial charge is 0.396 e.